The second-order valence-corrected chi connectivity index (χ2v) is 5.08. The minimum absolute atomic E-state index is 0.551. The molecule has 0 fully saturated rings. The van der Waals surface area contributed by atoms with E-state index < -0.39 is 11.7 Å². The van der Waals surface area contributed by atoms with Crippen molar-refractivity contribution in [3.63, 3.8) is 0 Å². The zero-order valence-corrected chi connectivity index (χ0v) is 11.8. The molecule has 1 heterocycles. The number of aromatic amines is 1. The predicted molar refractivity (Wildman–Crippen MR) is 81.7 cm³/mol. The second kappa shape index (κ2) is 5.29. The third-order valence-electron chi connectivity index (χ3n) is 3.39. The molecule has 6 heteroatoms. The molecule has 0 saturated heterocycles. The molecule has 0 aliphatic rings. The molecule has 3 aromatic rings. The molecule has 0 spiro atoms. The number of benzene rings is 2. The SMILES string of the molecule is Cc1ccc2[nH]cc(NNc3ccc(C(F)(F)F)cc3)c2c1. The first-order valence-electron chi connectivity index (χ1n) is 6.70. The van der Waals surface area contributed by atoms with E-state index in [1.807, 2.05) is 25.1 Å². The summed E-state index contributed by atoms with van der Waals surface area (Å²) < 4.78 is 37.5. The van der Waals surface area contributed by atoms with Crippen LogP contribution in [-0.4, -0.2) is 4.98 Å². The molecule has 1 aromatic heterocycles. The number of halogens is 3. The Morgan fingerprint density at radius 2 is 1.68 bits per heavy atom. The fourth-order valence-corrected chi connectivity index (χ4v) is 2.22. The molecule has 0 aliphatic heterocycles. The molecule has 0 unspecified atom stereocenters. The van der Waals surface area contributed by atoms with E-state index in [0.717, 1.165) is 34.3 Å². The topological polar surface area (TPSA) is 39.9 Å². The molecule has 3 nitrogen and oxygen atoms in total. The highest BCUT2D eigenvalue weighted by Gasteiger charge is 2.29. The number of H-pyrrole nitrogens is 1. The molecular weight excluding hydrogens is 291 g/mol. The van der Waals surface area contributed by atoms with Crippen LogP contribution in [0.3, 0.4) is 0 Å². The number of nitrogens with one attached hydrogen (secondary N) is 3. The molecule has 0 radical (unpaired) electrons. The lowest BCUT2D eigenvalue weighted by molar-refractivity contribution is -0.137. The minimum atomic E-state index is -4.32. The van der Waals surface area contributed by atoms with Gasteiger partial charge < -0.3 is 10.4 Å². The zero-order valence-electron chi connectivity index (χ0n) is 11.8. The van der Waals surface area contributed by atoms with Gasteiger partial charge in [-0.15, -0.1) is 0 Å². The van der Waals surface area contributed by atoms with Gasteiger partial charge in [0.2, 0.25) is 0 Å². The molecule has 0 bridgehead atoms. The van der Waals surface area contributed by atoms with Gasteiger partial charge in [0.1, 0.15) is 0 Å². The maximum atomic E-state index is 12.5. The van der Waals surface area contributed by atoms with Crippen LogP contribution in [0, 0.1) is 6.92 Å². The Balaban J connectivity index is 1.75. The van der Waals surface area contributed by atoms with Gasteiger partial charge in [-0.05, 0) is 43.3 Å². The summed E-state index contributed by atoms with van der Waals surface area (Å²) in [5.41, 5.74) is 8.74. The van der Waals surface area contributed by atoms with Gasteiger partial charge in [-0.25, -0.2) is 0 Å². The fourth-order valence-electron chi connectivity index (χ4n) is 2.22. The molecule has 0 atom stereocenters. The third kappa shape index (κ3) is 2.86. The van der Waals surface area contributed by atoms with Crippen molar-refractivity contribution in [1.29, 1.82) is 0 Å². The minimum Gasteiger partial charge on any atom is -0.359 e. The van der Waals surface area contributed by atoms with Crippen LogP contribution in [0.15, 0.2) is 48.7 Å². The Morgan fingerprint density at radius 1 is 0.955 bits per heavy atom. The van der Waals surface area contributed by atoms with Gasteiger partial charge in [-0.3, -0.25) is 5.43 Å². The average Bonchev–Trinajstić information content (AvgIpc) is 2.87. The van der Waals surface area contributed by atoms with Crippen molar-refractivity contribution in [1.82, 2.24) is 4.98 Å². The van der Waals surface area contributed by atoms with E-state index in [1.165, 1.54) is 12.1 Å². The summed E-state index contributed by atoms with van der Waals surface area (Å²) in [6.07, 6.45) is -2.51. The molecule has 0 aliphatic carbocycles. The summed E-state index contributed by atoms with van der Waals surface area (Å²) in [5, 5.41) is 1.01. The van der Waals surface area contributed by atoms with Gasteiger partial charge in [0.25, 0.3) is 0 Å². The molecule has 0 saturated carbocycles. The third-order valence-corrected chi connectivity index (χ3v) is 3.39. The summed E-state index contributed by atoms with van der Waals surface area (Å²) in [7, 11) is 0. The maximum absolute atomic E-state index is 12.5. The summed E-state index contributed by atoms with van der Waals surface area (Å²) in [6.45, 7) is 2.00. The number of aromatic nitrogens is 1. The number of hydrazine groups is 1. The highest BCUT2D eigenvalue weighted by atomic mass is 19.4. The summed E-state index contributed by atoms with van der Waals surface area (Å²) in [6, 6.07) is 10.9. The lowest BCUT2D eigenvalue weighted by atomic mass is 10.1. The number of alkyl halides is 3. The van der Waals surface area contributed by atoms with Gasteiger partial charge in [-0.1, -0.05) is 11.6 Å². The Labute approximate surface area is 125 Å². The standard InChI is InChI=1S/C16H14F3N3/c1-10-2-7-14-13(8-10)15(9-20-14)22-21-12-5-3-11(4-6-12)16(17,18)19/h2-9,20-22H,1H3. The van der Waals surface area contributed by atoms with Gasteiger partial charge in [0.15, 0.2) is 0 Å². The van der Waals surface area contributed by atoms with Gasteiger partial charge in [0, 0.05) is 17.1 Å². The Kier molecular flexibility index (Phi) is 3.44. The normalized spacial score (nSPS) is 11.6. The number of rotatable bonds is 3. The number of aryl methyl sites for hydroxylation is 1. The first-order chi connectivity index (χ1) is 10.4. The van der Waals surface area contributed by atoms with Crippen LogP contribution in [0.25, 0.3) is 10.9 Å². The lowest BCUT2D eigenvalue weighted by Crippen LogP contribution is -2.09. The number of hydrogen-bond donors (Lipinski definition) is 3. The molecule has 114 valence electrons. The average molecular weight is 305 g/mol. The first kappa shape index (κ1) is 14.3. The maximum Gasteiger partial charge on any atom is 0.416 e. The van der Waals surface area contributed by atoms with Crippen molar-refractivity contribution >= 4 is 22.3 Å². The molecule has 3 rings (SSSR count). The largest absolute Gasteiger partial charge is 0.416 e. The van der Waals surface area contributed by atoms with Crippen molar-refractivity contribution in [3.05, 3.63) is 59.8 Å². The Hall–Kier alpha value is -2.63. The molecular formula is C16H14F3N3. The van der Waals surface area contributed by atoms with Crippen molar-refractivity contribution in [2.24, 2.45) is 0 Å². The van der Waals surface area contributed by atoms with E-state index in [4.69, 9.17) is 0 Å². The second-order valence-electron chi connectivity index (χ2n) is 5.08. The van der Waals surface area contributed by atoms with Crippen LogP contribution in [0.1, 0.15) is 11.1 Å². The summed E-state index contributed by atoms with van der Waals surface area (Å²) in [4.78, 5) is 3.13. The number of fused-ring (bicyclic) bond motifs is 1. The molecule has 2 aromatic carbocycles. The van der Waals surface area contributed by atoms with E-state index in [1.54, 1.807) is 6.20 Å². The molecule has 22 heavy (non-hydrogen) atoms. The zero-order chi connectivity index (χ0) is 15.7. The van der Waals surface area contributed by atoms with Crippen LogP contribution in [-0.2, 0) is 6.18 Å². The Morgan fingerprint density at radius 3 is 2.36 bits per heavy atom. The van der Waals surface area contributed by atoms with E-state index in [9.17, 15) is 13.2 Å². The van der Waals surface area contributed by atoms with Crippen molar-refractivity contribution in [2.45, 2.75) is 13.1 Å². The van der Waals surface area contributed by atoms with E-state index in [0.29, 0.717) is 5.69 Å². The fraction of sp³-hybridized carbons (Fsp3) is 0.125. The molecule has 3 N–H and O–H groups in total. The monoisotopic (exact) mass is 305 g/mol. The van der Waals surface area contributed by atoms with Crippen LogP contribution in [0.4, 0.5) is 24.5 Å². The van der Waals surface area contributed by atoms with E-state index in [2.05, 4.69) is 15.8 Å². The highest BCUT2D eigenvalue weighted by Crippen LogP contribution is 2.30. The predicted octanol–water partition coefficient (Wildman–Crippen LogP) is 4.93. The number of hydrogen-bond acceptors (Lipinski definition) is 2. The van der Waals surface area contributed by atoms with Crippen LogP contribution < -0.4 is 10.9 Å². The van der Waals surface area contributed by atoms with Crippen LogP contribution in [0.5, 0.6) is 0 Å². The van der Waals surface area contributed by atoms with E-state index >= 15 is 0 Å². The molecule has 0 amide bonds. The van der Waals surface area contributed by atoms with Gasteiger partial charge in [0.05, 0.1) is 16.9 Å². The van der Waals surface area contributed by atoms with Crippen molar-refractivity contribution < 1.29 is 13.2 Å². The van der Waals surface area contributed by atoms with Crippen LogP contribution in [0.2, 0.25) is 0 Å². The van der Waals surface area contributed by atoms with Crippen molar-refractivity contribution in [3.8, 4) is 0 Å². The van der Waals surface area contributed by atoms with Crippen molar-refractivity contribution in [2.75, 3.05) is 10.9 Å². The van der Waals surface area contributed by atoms with Crippen LogP contribution >= 0.6 is 0 Å². The highest BCUT2D eigenvalue weighted by molar-refractivity contribution is 5.93. The van der Waals surface area contributed by atoms with E-state index in [-0.39, 0.29) is 0 Å². The summed E-state index contributed by atoms with van der Waals surface area (Å²) >= 11 is 0. The van der Waals surface area contributed by atoms with Gasteiger partial charge >= 0.3 is 6.18 Å². The summed E-state index contributed by atoms with van der Waals surface area (Å²) in [5.74, 6) is 0. The smallest absolute Gasteiger partial charge is 0.359 e. The lowest BCUT2D eigenvalue weighted by Gasteiger charge is -2.11. The first-order valence-corrected chi connectivity index (χ1v) is 6.70. The quantitative estimate of drug-likeness (QED) is 0.600. The number of anilines is 2. The Bertz CT molecular complexity index is 788. The van der Waals surface area contributed by atoms with Gasteiger partial charge in [-0.2, -0.15) is 13.2 Å².